The lowest BCUT2D eigenvalue weighted by Gasteiger charge is -2.15. The monoisotopic (exact) mass is 453 g/mol. The van der Waals surface area contributed by atoms with Gasteiger partial charge < -0.3 is 20.4 Å². The molecular formula is C28H27N3O3. The molecule has 1 atom stereocenters. The fraction of sp³-hybridized carbons (Fsp3) is 0.143. The highest BCUT2D eigenvalue weighted by molar-refractivity contribution is 6.06. The third-order valence-electron chi connectivity index (χ3n) is 5.69. The minimum absolute atomic E-state index is 0.119. The van der Waals surface area contributed by atoms with Crippen LogP contribution in [0, 0.1) is 0 Å². The zero-order valence-electron chi connectivity index (χ0n) is 19.2. The first-order chi connectivity index (χ1) is 16.5. The number of amides is 2. The lowest BCUT2D eigenvalue weighted by atomic mass is 10.0. The van der Waals surface area contributed by atoms with Crippen LogP contribution in [-0.2, 0) is 4.79 Å². The summed E-state index contributed by atoms with van der Waals surface area (Å²) in [5, 5.41) is 6.64. The predicted octanol–water partition coefficient (Wildman–Crippen LogP) is 4.87. The Bertz CT molecular complexity index is 1310. The summed E-state index contributed by atoms with van der Waals surface area (Å²) in [7, 11) is 1.61. The average Bonchev–Trinajstić information content (AvgIpc) is 3.29. The standard InChI is InChI=1S/C28H27N3O3/c1-19(20-9-5-3-6-10-20)17-30-28(33)26(31-27(32)21-11-7-4-8-12-21)15-22-18-29-25-14-13-23(34-2)16-24(22)25/h3-16,18-19,29H,17H2,1-2H3,(H,30,33)(H,31,32)/b26-15-/t19-/m1/s1. The molecule has 0 saturated carbocycles. The van der Waals surface area contributed by atoms with Crippen molar-refractivity contribution in [1.82, 2.24) is 15.6 Å². The molecule has 6 heteroatoms. The summed E-state index contributed by atoms with van der Waals surface area (Å²) < 4.78 is 5.34. The van der Waals surface area contributed by atoms with Gasteiger partial charge in [-0.1, -0.05) is 55.5 Å². The van der Waals surface area contributed by atoms with Crippen LogP contribution in [0.25, 0.3) is 17.0 Å². The van der Waals surface area contributed by atoms with Gasteiger partial charge in [0, 0.05) is 34.8 Å². The molecule has 172 valence electrons. The molecule has 1 heterocycles. The second-order valence-corrected chi connectivity index (χ2v) is 8.06. The summed E-state index contributed by atoms with van der Waals surface area (Å²) >= 11 is 0. The van der Waals surface area contributed by atoms with Crippen LogP contribution in [0.1, 0.15) is 34.3 Å². The summed E-state index contributed by atoms with van der Waals surface area (Å²) in [6.45, 7) is 2.48. The van der Waals surface area contributed by atoms with E-state index in [2.05, 4.69) is 15.6 Å². The summed E-state index contributed by atoms with van der Waals surface area (Å²) in [4.78, 5) is 29.3. The van der Waals surface area contributed by atoms with E-state index in [0.717, 1.165) is 22.0 Å². The molecule has 1 aromatic heterocycles. The molecule has 0 bridgehead atoms. The lowest BCUT2D eigenvalue weighted by molar-refractivity contribution is -0.117. The minimum atomic E-state index is -0.357. The molecule has 6 nitrogen and oxygen atoms in total. The molecule has 3 N–H and O–H groups in total. The number of nitrogens with one attached hydrogen (secondary N) is 3. The minimum Gasteiger partial charge on any atom is -0.497 e. The van der Waals surface area contributed by atoms with E-state index in [1.807, 2.05) is 61.5 Å². The summed E-state index contributed by atoms with van der Waals surface area (Å²) in [6, 6.07) is 24.5. The molecule has 34 heavy (non-hydrogen) atoms. The number of rotatable bonds is 8. The quantitative estimate of drug-likeness (QED) is 0.333. The smallest absolute Gasteiger partial charge is 0.267 e. The largest absolute Gasteiger partial charge is 0.497 e. The van der Waals surface area contributed by atoms with Gasteiger partial charge in [0.25, 0.3) is 11.8 Å². The van der Waals surface area contributed by atoms with Gasteiger partial charge in [-0.25, -0.2) is 0 Å². The van der Waals surface area contributed by atoms with Crippen molar-refractivity contribution in [2.75, 3.05) is 13.7 Å². The van der Waals surface area contributed by atoms with Crippen molar-refractivity contribution in [3.05, 3.63) is 107 Å². The molecule has 0 aliphatic rings. The normalized spacial score (nSPS) is 12.2. The molecule has 0 aliphatic carbocycles. The predicted molar refractivity (Wildman–Crippen MR) is 135 cm³/mol. The Morgan fingerprint density at radius 1 is 1.00 bits per heavy atom. The maximum Gasteiger partial charge on any atom is 0.267 e. The molecule has 2 amide bonds. The van der Waals surface area contributed by atoms with E-state index in [4.69, 9.17) is 4.74 Å². The van der Waals surface area contributed by atoms with E-state index in [-0.39, 0.29) is 23.4 Å². The van der Waals surface area contributed by atoms with Gasteiger partial charge in [0.2, 0.25) is 0 Å². The Morgan fingerprint density at radius 2 is 1.71 bits per heavy atom. The van der Waals surface area contributed by atoms with E-state index in [1.165, 1.54) is 0 Å². The van der Waals surface area contributed by atoms with Gasteiger partial charge in [0.05, 0.1) is 7.11 Å². The van der Waals surface area contributed by atoms with E-state index >= 15 is 0 Å². The number of hydrogen-bond acceptors (Lipinski definition) is 3. The molecule has 4 rings (SSSR count). The van der Waals surface area contributed by atoms with Crippen LogP contribution in [0.15, 0.2) is 90.8 Å². The van der Waals surface area contributed by atoms with Crippen LogP contribution < -0.4 is 15.4 Å². The van der Waals surface area contributed by atoms with Crippen LogP contribution in [0.3, 0.4) is 0 Å². The van der Waals surface area contributed by atoms with Crippen molar-refractivity contribution >= 4 is 28.8 Å². The van der Waals surface area contributed by atoms with Crippen molar-refractivity contribution in [3.63, 3.8) is 0 Å². The molecule has 0 aliphatic heterocycles. The fourth-order valence-electron chi connectivity index (χ4n) is 3.71. The van der Waals surface area contributed by atoms with Gasteiger partial charge >= 0.3 is 0 Å². The Balaban J connectivity index is 1.61. The van der Waals surface area contributed by atoms with E-state index in [1.54, 1.807) is 43.6 Å². The third-order valence-corrected chi connectivity index (χ3v) is 5.69. The maximum atomic E-state index is 13.2. The van der Waals surface area contributed by atoms with Crippen LogP contribution in [0.5, 0.6) is 5.75 Å². The summed E-state index contributed by atoms with van der Waals surface area (Å²) in [5.74, 6) is 0.117. The molecule has 0 fully saturated rings. The van der Waals surface area contributed by atoms with Crippen molar-refractivity contribution in [2.24, 2.45) is 0 Å². The first-order valence-corrected chi connectivity index (χ1v) is 11.1. The van der Waals surface area contributed by atoms with Crippen LogP contribution in [-0.4, -0.2) is 30.5 Å². The number of fused-ring (bicyclic) bond motifs is 1. The Hall–Kier alpha value is -4.32. The zero-order valence-corrected chi connectivity index (χ0v) is 19.2. The zero-order chi connectivity index (χ0) is 23.9. The number of ether oxygens (including phenoxy) is 1. The lowest BCUT2D eigenvalue weighted by Crippen LogP contribution is -2.36. The fourth-order valence-corrected chi connectivity index (χ4v) is 3.71. The molecule has 3 aromatic carbocycles. The molecular weight excluding hydrogens is 426 g/mol. The molecule has 0 saturated heterocycles. The first kappa shape index (κ1) is 22.9. The van der Waals surface area contributed by atoms with Gasteiger partial charge in [-0.2, -0.15) is 0 Å². The topological polar surface area (TPSA) is 83.2 Å². The number of carbonyl (C=O) groups excluding carboxylic acids is 2. The van der Waals surface area contributed by atoms with Gasteiger partial charge in [0.1, 0.15) is 11.4 Å². The van der Waals surface area contributed by atoms with E-state index in [9.17, 15) is 9.59 Å². The summed E-state index contributed by atoms with van der Waals surface area (Å²) in [5.41, 5.74) is 3.44. The number of carbonyl (C=O) groups is 2. The van der Waals surface area contributed by atoms with Gasteiger partial charge in [-0.15, -0.1) is 0 Å². The SMILES string of the molecule is COc1ccc2[nH]cc(/C=C(\NC(=O)c3ccccc3)C(=O)NC[C@@H](C)c3ccccc3)c2c1. The van der Waals surface area contributed by atoms with Crippen molar-refractivity contribution in [2.45, 2.75) is 12.8 Å². The maximum absolute atomic E-state index is 13.2. The Labute approximate surface area is 198 Å². The Kier molecular flexibility index (Phi) is 7.08. The Morgan fingerprint density at radius 3 is 2.41 bits per heavy atom. The second-order valence-electron chi connectivity index (χ2n) is 8.06. The van der Waals surface area contributed by atoms with E-state index < -0.39 is 0 Å². The van der Waals surface area contributed by atoms with Crippen LogP contribution in [0.2, 0.25) is 0 Å². The average molecular weight is 454 g/mol. The molecule has 4 aromatic rings. The van der Waals surface area contributed by atoms with Crippen molar-refractivity contribution < 1.29 is 14.3 Å². The number of H-pyrrole nitrogens is 1. The van der Waals surface area contributed by atoms with Crippen LogP contribution >= 0.6 is 0 Å². The number of hydrogen-bond donors (Lipinski definition) is 3. The number of aromatic nitrogens is 1. The summed E-state index contributed by atoms with van der Waals surface area (Å²) in [6.07, 6.45) is 3.49. The van der Waals surface area contributed by atoms with Gasteiger partial charge in [-0.3, -0.25) is 9.59 Å². The van der Waals surface area contributed by atoms with Crippen LogP contribution in [0.4, 0.5) is 0 Å². The van der Waals surface area contributed by atoms with Gasteiger partial charge in [-0.05, 0) is 47.9 Å². The first-order valence-electron chi connectivity index (χ1n) is 11.1. The highest BCUT2D eigenvalue weighted by atomic mass is 16.5. The molecule has 0 radical (unpaired) electrons. The van der Waals surface area contributed by atoms with E-state index in [0.29, 0.717) is 17.9 Å². The highest BCUT2D eigenvalue weighted by Crippen LogP contribution is 2.25. The number of aromatic amines is 1. The third kappa shape index (κ3) is 5.35. The highest BCUT2D eigenvalue weighted by Gasteiger charge is 2.17. The number of benzene rings is 3. The van der Waals surface area contributed by atoms with Crippen molar-refractivity contribution in [3.8, 4) is 5.75 Å². The van der Waals surface area contributed by atoms with Gasteiger partial charge in [0.15, 0.2) is 0 Å². The van der Waals surface area contributed by atoms with Crippen molar-refractivity contribution in [1.29, 1.82) is 0 Å². The molecule has 0 spiro atoms. The number of methoxy groups -OCH3 is 1. The molecule has 0 unspecified atom stereocenters. The second kappa shape index (κ2) is 10.5.